The molecule has 0 fully saturated rings. The average molecular weight is 242 g/mol. The van der Waals surface area contributed by atoms with Gasteiger partial charge >= 0.3 is 0 Å². The molecule has 3 nitrogen and oxygen atoms in total. The van der Waals surface area contributed by atoms with E-state index in [0.29, 0.717) is 6.04 Å². The smallest absolute Gasteiger partial charge is 0.225 e. The number of amides is 1. The Kier molecular flexibility index (Phi) is 8.23. The van der Waals surface area contributed by atoms with Gasteiger partial charge in [0, 0.05) is 25.0 Å². The Hall–Kier alpha value is -0.570. The number of nitrogens with two attached hydrogens (primary N) is 1. The summed E-state index contributed by atoms with van der Waals surface area (Å²) < 4.78 is 0. The van der Waals surface area contributed by atoms with Gasteiger partial charge in [-0.1, -0.05) is 26.7 Å². The van der Waals surface area contributed by atoms with Crippen molar-refractivity contribution in [2.75, 3.05) is 7.05 Å². The standard InChI is InChI=1S/C14H30N2O/c1-6-8-13(4)16(5)14(17)11(2)9-7-10-12(3)15/h11-13H,6-10,15H2,1-5H3. The molecule has 0 bridgehead atoms. The molecule has 1 amide bonds. The van der Waals surface area contributed by atoms with Gasteiger partial charge in [0.1, 0.15) is 0 Å². The second-order valence-electron chi connectivity index (χ2n) is 5.40. The lowest BCUT2D eigenvalue weighted by Gasteiger charge is -2.27. The third-order valence-corrected chi connectivity index (χ3v) is 3.43. The lowest BCUT2D eigenvalue weighted by atomic mass is 10.00. The van der Waals surface area contributed by atoms with Gasteiger partial charge in [0.15, 0.2) is 0 Å². The molecule has 3 unspecified atom stereocenters. The molecular weight excluding hydrogens is 212 g/mol. The van der Waals surface area contributed by atoms with Crippen molar-refractivity contribution in [3.8, 4) is 0 Å². The van der Waals surface area contributed by atoms with Gasteiger partial charge in [0.05, 0.1) is 0 Å². The maximum absolute atomic E-state index is 12.1. The van der Waals surface area contributed by atoms with Crippen LogP contribution in [0.3, 0.4) is 0 Å². The predicted octanol–water partition coefficient (Wildman–Crippen LogP) is 2.79. The van der Waals surface area contributed by atoms with Crippen molar-refractivity contribution in [2.24, 2.45) is 11.7 Å². The van der Waals surface area contributed by atoms with E-state index in [2.05, 4.69) is 13.8 Å². The first-order chi connectivity index (χ1) is 7.90. The van der Waals surface area contributed by atoms with Crippen LogP contribution in [0.5, 0.6) is 0 Å². The molecule has 3 heteroatoms. The second-order valence-corrected chi connectivity index (χ2v) is 5.40. The zero-order chi connectivity index (χ0) is 13.4. The topological polar surface area (TPSA) is 46.3 Å². The van der Waals surface area contributed by atoms with Crippen molar-refractivity contribution >= 4 is 5.91 Å². The molecule has 0 aromatic heterocycles. The van der Waals surface area contributed by atoms with Crippen molar-refractivity contribution in [1.29, 1.82) is 0 Å². The van der Waals surface area contributed by atoms with Crippen LogP contribution in [0.1, 0.15) is 59.8 Å². The molecule has 0 aliphatic rings. The highest BCUT2D eigenvalue weighted by molar-refractivity contribution is 5.78. The summed E-state index contributed by atoms with van der Waals surface area (Å²) in [6.07, 6.45) is 5.20. The van der Waals surface area contributed by atoms with Crippen LogP contribution in [0.2, 0.25) is 0 Å². The first-order valence-corrected chi connectivity index (χ1v) is 6.92. The quantitative estimate of drug-likeness (QED) is 0.711. The Balaban J connectivity index is 4.02. The Morgan fingerprint density at radius 3 is 2.24 bits per heavy atom. The summed E-state index contributed by atoms with van der Waals surface area (Å²) in [6.45, 7) is 8.32. The minimum atomic E-state index is 0.123. The minimum Gasteiger partial charge on any atom is -0.343 e. The van der Waals surface area contributed by atoms with Gasteiger partial charge in [-0.25, -0.2) is 0 Å². The first-order valence-electron chi connectivity index (χ1n) is 6.92. The number of hydrogen-bond acceptors (Lipinski definition) is 2. The van der Waals surface area contributed by atoms with Crippen LogP contribution in [-0.4, -0.2) is 29.9 Å². The molecule has 102 valence electrons. The summed E-state index contributed by atoms with van der Waals surface area (Å²) in [5, 5.41) is 0. The van der Waals surface area contributed by atoms with Gasteiger partial charge < -0.3 is 10.6 Å². The fraction of sp³-hybridized carbons (Fsp3) is 0.929. The summed E-state index contributed by atoms with van der Waals surface area (Å²) in [5.41, 5.74) is 5.71. The molecule has 0 heterocycles. The van der Waals surface area contributed by atoms with E-state index in [-0.39, 0.29) is 17.9 Å². The third-order valence-electron chi connectivity index (χ3n) is 3.43. The Morgan fingerprint density at radius 2 is 1.76 bits per heavy atom. The molecule has 0 radical (unpaired) electrons. The summed E-state index contributed by atoms with van der Waals surface area (Å²) in [7, 11) is 1.92. The average Bonchev–Trinajstić information content (AvgIpc) is 2.26. The number of hydrogen-bond donors (Lipinski definition) is 1. The number of rotatable bonds is 8. The summed E-state index contributed by atoms with van der Waals surface area (Å²) in [6, 6.07) is 0.595. The van der Waals surface area contributed by atoms with Gasteiger partial charge in [-0.05, 0) is 33.1 Å². The molecule has 0 aliphatic heterocycles. The van der Waals surface area contributed by atoms with E-state index in [9.17, 15) is 4.79 Å². The van der Waals surface area contributed by atoms with Crippen LogP contribution in [0.25, 0.3) is 0 Å². The van der Waals surface area contributed by atoms with Crippen LogP contribution >= 0.6 is 0 Å². The minimum absolute atomic E-state index is 0.123. The Labute approximate surface area is 107 Å². The highest BCUT2D eigenvalue weighted by Crippen LogP contribution is 2.14. The lowest BCUT2D eigenvalue weighted by molar-refractivity contribution is -0.135. The van der Waals surface area contributed by atoms with Gasteiger partial charge in [-0.15, -0.1) is 0 Å². The normalized spacial score (nSPS) is 16.4. The van der Waals surface area contributed by atoms with E-state index < -0.39 is 0 Å². The van der Waals surface area contributed by atoms with Crippen LogP contribution in [0.15, 0.2) is 0 Å². The molecule has 0 rings (SSSR count). The monoisotopic (exact) mass is 242 g/mol. The van der Waals surface area contributed by atoms with Crippen LogP contribution in [0.4, 0.5) is 0 Å². The van der Waals surface area contributed by atoms with E-state index >= 15 is 0 Å². The number of carbonyl (C=O) groups is 1. The number of nitrogens with zero attached hydrogens (tertiary/aromatic N) is 1. The van der Waals surface area contributed by atoms with E-state index in [1.807, 2.05) is 25.8 Å². The van der Waals surface area contributed by atoms with E-state index in [1.54, 1.807) is 0 Å². The molecule has 0 spiro atoms. The summed E-state index contributed by atoms with van der Waals surface area (Å²) in [4.78, 5) is 14.0. The SMILES string of the molecule is CCCC(C)N(C)C(=O)C(C)CCCC(C)N. The Bertz CT molecular complexity index is 216. The van der Waals surface area contributed by atoms with Gasteiger partial charge in [-0.3, -0.25) is 4.79 Å². The van der Waals surface area contributed by atoms with Gasteiger partial charge in [0.25, 0.3) is 0 Å². The zero-order valence-corrected chi connectivity index (χ0v) is 12.2. The molecule has 0 saturated heterocycles. The molecule has 0 aromatic carbocycles. The highest BCUT2D eigenvalue weighted by Gasteiger charge is 2.20. The zero-order valence-electron chi connectivity index (χ0n) is 12.2. The van der Waals surface area contributed by atoms with Crippen LogP contribution < -0.4 is 5.73 Å². The fourth-order valence-corrected chi connectivity index (χ4v) is 2.05. The lowest BCUT2D eigenvalue weighted by Crippen LogP contribution is -2.38. The fourth-order valence-electron chi connectivity index (χ4n) is 2.05. The summed E-state index contributed by atoms with van der Waals surface area (Å²) in [5.74, 6) is 0.397. The summed E-state index contributed by atoms with van der Waals surface area (Å²) >= 11 is 0. The van der Waals surface area contributed by atoms with E-state index in [1.165, 1.54) is 0 Å². The molecular formula is C14H30N2O. The number of carbonyl (C=O) groups excluding carboxylic acids is 1. The predicted molar refractivity (Wildman–Crippen MR) is 73.8 cm³/mol. The molecule has 0 saturated carbocycles. The van der Waals surface area contributed by atoms with Crippen LogP contribution in [0, 0.1) is 5.92 Å². The van der Waals surface area contributed by atoms with Crippen LogP contribution in [-0.2, 0) is 4.79 Å². The van der Waals surface area contributed by atoms with Crippen molar-refractivity contribution in [1.82, 2.24) is 4.90 Å². The molecule has 0 aromatic rings. The maximum atomic E-state index is 12.1. The van der Waals surface area contributed by atoms with Crippen molar-refractivity contribution in [3.63, 3.8) is 0 Å². The molecule has 17 heavy (non-hydrogen) atoms. The van der Waals surface area contributed by atoms with Crippen molar-refractivity contribution in [2.45, 2.75) is 71.9 Å². The first kappa shape index (κ1) is 16.4. The van der Waals surface area contributed by atoms with E-state index in [4.69, 9.17) is 5.73 Å². The van der Waals surface area contributed by atoms with Gasteiger partial charge in [-0.2, -0.15) is 0 Å². The van der Waals surface area contributed by atoms with Gasteiger partial charge in [0.2, 0.25) is 5.91 Å². The second kappa shape index (κ2) is 8.51. The highest BCUT2D eigenvalue weighted by atomic mass is 16.2. The largest absolute Gasteiger partial charge is 0.343 e. The Morgan fingerprint density at radius 1 is 1.18 bits per heavy atom. The molecule has 0 aliphatic carbocycles. The maximum Gasteiger partial charge on any atom is 0.225 e. The van der Waals surface area contributed by atoms with Crippen molar-refractivity contribution < 1.29 is 4.79 Å². The molecule has 3 atom stereocenters. The van der Waals surface area contributed by atoms with E-state index in [0.717, 1.165) is 32.1 Å². The van der Waals surface area contributed by atoms with Crippen molar-refractivity contribution in [3.05, 3.63) is 0 Å². The molecule has 2 N–H and O–H groups in total. The third kappa shape index (κ3) is 6.67.